The van der Waals surface area contributed by atoms with E-state index >= 15 is 0 Å². The number of methoxy groups -OCH3 is 2. The van der Waals surface area contributed by atoms with E-state index in [0.29, 0.717) is 36.9 Å². The lowest BCUT2D eigenvalue weighted by Crippen LogP contribution is -2.12. The third kappa shape index (κ3) is 6.30. The Balaban J connectivity index is 1.43. The standard InChI is InChI=1S/C23H26N2O4S/c1-27-18-10-11-21(28-2)19(15-18)20-16-30-23(24-20)25-22(26)9-6-13-29-14-12-17-7-4-3-5-8-17/h3-5,7-8,10-11,15-16H,6,9,12-14H2,1-2H3,(H,24,25,26). The molecule has 0 aliphatic carbocycles. The van der Waals surface area contributed by atoms with E-state index in [2.05, 4.69) is 22.4 Å². The van der Waals surface area contributed by atoms with E-state index in [1.54, 1.807) is 14.2 Å². The van der Waals surface area contributed by atoms with Gasteiger partial charge in [0.15, 0.2) is 5.13 Å². The Labute approximate surface area is 180 Å². The van der Waals surface area contributed by atoms with Crippen LogP contribution >= 0.6 is 11.3 Å². The minimum Gasteiger partial charge on any atom is -0.497 e. The molecule has 1 amide bonds. The van der Waals surface area contributed by atoms with Gasteiger partial charge in [-0.15, -0.1) is 11.3 Å². The van der Waals surface area contributed by atoms with Crippen LogP contribution < -0.4 is 14.8 Å². The second-order valence-corrected chi connectivity index (χ2v) is 7.46. The maximum atomic E-state index is 12.2. The molecular formula is C23H26N2O4S. The fourth-order valence-electron chi connectivity index (χ4n) is 2.92. The third-order valence-electron chi connectivity index (χ3n) is 4.50. The highest BCUT2D eigenvalue weighted by atomic mass is 32.1. The topological polar surface area (TPSA) is 69.7 Å². The lowest BCUT2D eigenvalue weighted by Gasteiger charge is -2.08. The van der Waals surface area contributed by atoms with Crippen LogP contribution in [0.3, 0.4) is 0 Å². The number of ether oxygens (including phenoxy) is 3. The Morgan fingerprint density at radius 3 is 2.67 bits per heavy atom. The summed E-state index contributed by atoms with van der Waals surface area (Å²) >= 11 is 1.38. The predicted molar refractivity (Wildman–Crippen MR) is 119 cm³/mol. The molecule has 7 heteroatoms. The molecule has 0 saturated heterocycles. The van der Waals surface area contributed by atoms with Crippen LogP contribution in [0.4, 0.5) is 5.13 Å². The largest absolute Gasteiger partial charge is 0.497 e. The number of thiazole rings is 1. The number of nitrogens with one attached hydrogen (secondary N) is 1. The van der Waals surface area contributed by atoms with Crippen LogP contribution in [0.1, 0.15) is 18.4 Å². The number of carbonyl (C=O) groups is 1. The first-order valence-electron chi connectivity index (χ1n) is 9.79. The number of amides is 1. The summed E-state index contributed by atoms with van der Waals surface area (Å²) in [6.45, 7) is 1.22. The zero-order chi connectivity index (χ0) is 21.2. The summed E-state index contributed by atoms with van der Waals surface area (Å²) < 4.78 is 16.3. The van der Waals surface area contributed by atoms with Gasteiger partial charge in [0.1, 0.15) is 11.5 Å². The molecule has 6 nitrogen and oxygen atoms in total. The van der Waals surface area contributed by atoms with E-state index in [-0.39, 0.29) is 5.91 Å². The Morgan fingerprint density at radius 1 is 1.07 bits per heavy atom. The average molecular weight is 427 g/mol. The van der Waals surface area contributed by atoms with Crippen molar-refractivity contribution in [1.82, 2.24) is 4.98 Å². The first kappa shape index (κ1) is 21.8. The van der Waals surface area contributed by atoms with Gasteiger partial charge in [-0.3, -0.25) is 4.79 Å². The van der Waals surface area contributed by atoms with Crippen molar-refractivity contribution in [3.05, 3.63) is 59.5 Å². The van der Waals surface area contributed by atoms with Gasteiger partial charge in [0.2, 0.25) is 5.91 Å². The van der Waals surface area contributed by atoms with Crippen molar-refractivity contribution in [2.24, 2.45) is 0 Å². The van der Waals surface area contributed by atoms with Crippen molar-refractivity contribution in [3.8, 4) is 22.8 Å². The van der Waals surface area contributed by atoms with Crippen LogP contribution in [0.25, 0.3) is 11.3 Å². The van der Waals surface area contributed by atoms with Gasteiger partial charge in [-0.1, -0.05) is 30.3 Å². The normalized spacial score (nSPS) is 10.6. The first-order chi connectivity index (χ1) is 14.7. The van der Waals surface area contributed by atoms with Crippen molar-refractivity contribution in [3.63, 3.8) is 0 Å². The van der Waals surface area contributed by atoms with Gasteiger partial charge in [-0.05, 0) is 36.6 Å². The highest BCUT2D eigenvalue weighted by molar-refractivity contribution is 7.14. The molecule has 0 fully saturated rings. The summed E-state index contributed by atoms with van der Waals surface area (Å²) in [6, 6.07) is 15.7. The van der Waals surface area contributed by atoms with Gasteiger partial charge in [0.05, 0.1) is 26.5 Å². The number of anilines is 1. The van der Waals surface area contributed by atoms with E-state index < -0.39 is 0 Å². The van der Waals surface area contributed by atoms with E-state index in [9.17, 15) is 4.79 Å². The summed E-state index contributed by atoms with van der Waals surface area (Å²) in [7, 11) is 3.23. The fraction of sp³-hybridized carbons (Fsp3) is 0.304. The predicted octanol–water partition coefficient (Wildman–Crippen LogP) is 4.81. The number of hydrogen-bond donors (Lipinski definition) is 1. The fourth-order valence-corrected chi connectivity index (χ4v) is 3.65. The van der Waals surface area contributed by atoms with E-state index in [0.717, 1.165) is 23.4 Å². The second kappa shape index (κ2) is 11.3. The third-order valence-corrected chi connectivity index (χ3v) is 5.26. The monoisotopic (exact) mass is 426 g/mol. The molecule has 0 atom stereocenters. The lowest BCUT2D eigenvalue weighted by molar-refractivity contribution is -0.116. The Hall–Kier alpha value is -2.90. The van der Waals surface area contributed by atoms with Crippen LogP contribution in [0, 0.1) is 0 Å². The summed E-state index contributed by atoms with van der Waals surface area (Å²) in [5.74, 6) is 1.35. The molecule has 158 valence electrons. The minimum atomic E-state index is -0.0693. The van der Waals surface area contributed by atoms with Crippen molar-refractivity contribution in [2.75, 3.05) is 32.8 Å². The van der Waals surface area contributed by atoms with Crippen molar-refractivity contribution < 1.29 is 19.0 Å². The molecular weight excluding hydrogens is 400 g/mol. The van der Waals surface area contributed by atoms with E-state index in [1.165, 1.54) is 16.9 Å². The zero-order valence-electron chi connectivity index (χ0n) is 17.2. The van der Waals surface area contributed by atoms with Crippen LogP contribution in [-0.4, -0.2) is 38.3 Å². The van der Waals surface area contributed by atoms with Crippen LogP contribution in [-0.2, 0) is 16.0 Å². The quantitative estimate of drug-likeness (QED) is 0.446. The maximum Gasteiger partial charge on any atom is 0.226 e. The molecule has 30 heavy (non-hydrogen) atoms. The van der Waals surface area contributed by atoms with Crippen molar-refractivity contribution in [1.29, 1.82) is 0 Å². The molecule has 0 radical (unpaired) electrons. The summed E-state index contributed by atoms with van der Waals surface area (Å²) in [4.78, 5) is 16.7. The Bertz CT molecular complexity index is 943. The Morgan fingerprint density at radius 2 is 1.90 bits per heavy atom. The van der Waals surface area contributed by atoms with Crippen LogP contribution in [0.5, 0.6) is 11.5 Å². The highest BCUT2D eigenvalue weighted by Crippen LogP contribution is 2.35. The summed E-state index contributed by atoms with van der Waals surface area (Å²) in [6.07, 6.45) is 1.94. The number of aromatic nitrogens is 1. The average Bonchev–Trinajstić information content (AvgIpc) is 3.24. The smallest absolute Gasteiger partial charge is 0.226 e. The summed E-state index contributed by atoms with van der Waals surface area (Å²) in [5.41, 5.74) is 2.80. The van der Waals surface area contributed by atoms with Gasteiger partial charge in [0.25, 0.3) is 0 Å². The van der Waals surface area contributed by atoms with Crippen LogP contribution in [0.15, 0.2) is 53.9 Å². The number of nitrogens with zero attached hydrogens (tertiary/aromatic N) is 1. The lowest BCUT2D eigenvalue weighted by atomic mass is 10.1. The van der Waals surface area contributed by atoms with Gasteiger partial charge in [-0.25, -0.2) is 4.98 Å². The number of hydrogen-bond acceptors (Lipinski definition) is 6. The molecule has 1 heterocycles. The second-order valence-electron chi connectivity index (χ2n) is 6.60. The first-order valence-corrected chi connectivity index (χ1v) is 10.7. The molecule has 0 aliphatic rings. The van der Waals surface area contributed by atoms with E-state index in [1.807, 2.05) is 41.8 Å². The zero-order valence-corrected chi connectivity index (χ0v) is 18.0. The summed E-state index contributed by atoms with van der Waals surface area (Å²) in [5, 5.41) is 5.30. The molecule has 3 rings (SSSR count). The van der Waals surface area contributed by atoms with Gasteiger partial charge in [0, 0.05) is 24.0 Å². The number of rotatable bonds is 11. The maximum absolute atomic E-state index is 12.2. The SMILES string of the molecule is COc1ccc(OC)c(-c2csc(NC(=O)CCCOCCc3ccccc3)n2)c1. The number of carbonyl (C=O) groups excluding carboxylic acids is 1. The van der Waals surface area contributed by atoms with Crippen LogP contribution in [0.2, 0.25) is 0 Å². The molecule has 0 aliphatic heterocycles. The molecule has 0 unspecified atom stereocenters. The molecule has 0 spiro atoms. The molecule has 2 aromatic carbocycles. The van der Waals surface area contributed by atoms with Crippen molar-refractivity contribution in [2.45, 2.75) is 19.3 Å². The molecule has 1 N–H and O–H groups in total. The minimum absolute atomic E-state index is 0.0693. The Kier molecular flexibility index (Phi) is 8.23. The highest BCUT2D eigenvalue weighted by Gasteiger charge is 2.13. The van der Waals surface area contributed by atoms with Crippen molar-refractivity contribution >= 4 is 22.4 Å². The molecule has 0 saturated carbocycles. The molecule has 0 bridgehead atoms. The van der Waals surface area contributed by atoms with Gasteiger partial charge in [-0.2, -0.15) is 0 Å². The van der Waals surface area contributed by atoms with E-state index in [4.69, 9.17) is 14.2 Å². The van der Waals surface area contributed by atoms with Gasteiger partial charge >= 0.3 is 0 Å². The molecule has 3 aromatic rings. The number of benzene rings is 2. The molecule has 1 aromatic heterocycles. The van der Waals surface area contributed by atoms with Gasteiger partial charge < -0.3 is 19.5 Å².